The van der Waals surface area contributed by atoms with Crippen LogP contribution in [0.1, 0.15) is 40.6 Å². The maximum absolute atomic E-state index is 12.8. The van der Waals surface area contributed by atoms with Gasteiger partial charge < -0.3 is 15.2 Å². The average molecular weight is 455 g/mol. The van der Waals surface area contributed by atoms with Gasteiger partial charge in [-0.3, -0.25) is 4.79 Å². The molecule has 3 aromatic carbocycles. The summed E-state index contributed by atoms with van der Waals surface area (Å²) in [6, 6.07) is 18.6. The number of amides is 1. The van der Waals surface area contributed by atoms with E-state index in [-0.39, 0.29) is 18.1 Å². The molecule has 1 aliphatic rings. The van der Waals surface area contributed by atoms with Gasteiger partial charge in [-0.25, -0.2) is 4.79 Å². The van der Waals surface area contributed by atoms with Gasteiger partial charge in [0.15, 0.2) is 0 Å². The van der Waals surface area contributed by atoms with Gasteiger partial charge in [0.1, 0.15) is 6.61 Å². The van der Waals surface area contributed by atoms with Gasteiger partial charge >= 0.3 is 18.2 Å². The molecule has 3 aromatic rings. The predicted molar refractivity (Wildman–Crippen MR) is 115 cm³/mol. The lowest BCUT2D eigenvalue weighted by Crippen LogP contribution is -2.31. The first-order valence-corrected chi connectivity index (χ1v) is 10.2. The second kappa shape index (κ2) is 8.97. The topological polar surface area (TPSA) is 75.6 Å². The normalized spacial score (nSPS) is 13.7. The minimum Gasteiger partial charge on any atom is -0.481 e. The number of carboxylic acid groups (broad SMARTS) is 1. The molecule has 1 atom stereocenters. The first-order valence-electron chi connectivity index (χ1n) is 10.2. The fourth-order valence-electron chi connectivity index (χ4n) is 4.11. The smallest absolute Gasteiger partial charge is 0.416 e. The minimum absolute atomic E-state index is 0.0344. The van der Waals surface area contributed by atoms with Crippen LogP contribution in [0.25, 0.3) is 11.1 Å². The zero-order valence-electron chi connectivity index (χ0n) is 17.3. The molecular formula is C25H20F3NO4. The fraction of sp³-hybridized carbons (Fsp3) is 0.200. The quantitative estimate of drug-likeness (QED) is 0.496. The summed E-state index contributed by atoms with van der Waals surface area (Å²) >= 11 is 0. The van der Waals surface area contributed by atoms with Crippen LogP contribution in [0, 0.1) is 0 Å². The number of nitrogens with one attached hydrogen (secondary N) is 1. The zero-order valence-corrected chi connectivity index (χ0v) is 17.3. The number of carbonyl (C=O) groups excluding carboxylic acids is 1. The van der Waals surface area contributed by atoms with E-state index >= 15 is 0 Å². The Labute approximate surface area is 187 Å². The standard InChI is InChI=1S/C25H20F3NO4/c26-25(27,28)16-11-9-15(10-12-16)22(13-23(30)31)29-24(32)33-14-21-19-7-3-1-5-17(19)18-6-2-4-8-20(18)21/h1-12,21-22H,13-14H2,(H,29,32)(H,30,31). The molecule has 0 saturated heterocycles. The molecule has 1 amide bonds. The Morgan fingerprint density at radius 2 is 1.45 bits per heavy atom. The van der Waals surface area contributed by atoms with Gasteiger partial charge in [0.05, 0.1) is 18.0 Å². The number of halogens is 3. The molecule has 5 nitrogen and oxygen atoms in total. The van der Waals surface area contributed by atoms with Crippen molar-refractivity contribution in [1.82, 2.24) is 5.32 Å². The second-order valence-corrected chi connectivity index (χ2v) is 7.74. The van der Waals surface area contributed by atoms with Crippen LogP contribution in [0.4, 0.5) is 18.0 Å². The van der Waals surface area contributed by atoms with E-state index in [0.717, 1.165) is 46.5 Å². The van der Waals surface area contributed by atoms with Crippen LogP contribution >= 0.6 is 0 Å². The molecule has 0 aliphatic heterocycles. The highest BCUT2D eigenvalue weighted by atomic mass is 19.4. The van der Waals surface area contributed by atoms with E-state index in [9.17, 15) is 27.9 Å². The SMILES string of the molecule is O=C(O)CC(NC(=O)OCC1c2ccccc2-c2ccccc21)c1ccc(C(F)(F)F)cc1. The summed E-state index contributed by atoms with van der Waals surface area (Å²) in [5, 5.41) is 11.7. The van der Waals surface area contributed by atoms with Crippen molar-refractivity contribution in [1.29, 1.82) is 0 Å². The zero-order chi connectivity index (χ0) is 23.6. The number of alkyl halides is 3. The number of ether oxygens (including phenoxy) is 1. The first-order chi connectivity index (χ1) is 15.7. The van der Waals surface area contributed by atoms with E-state index in [0.29, 0.717) is 0 Å². The van der Waals surface area contributed by atoms with Crippen LogP contribution in [-0.2, 0) is 15.7 Å². The third-order valence-corrected chi connectivity index (χ3v) is 5.65. The lowest BCUT2D eigenvalue weighted by molar-refractivity contribution is -0.138. The van der Waals surface area contributed by atoms with Crippen molar-refractivity contribution in [2.75, 3.05) is 6.61 Å². The molecule has 170 valence electrons. The largest absolute Gasteiger partial charge is 0.481 e. The van der Waals surface area contributed by atoms with E-state index in [1.807, 2.05) is 48.5 Å². The molecule has 8 heteroatoms. The summed E-state index contributed by atoms with van der Waals surface area (Å²) < 4.78 is 43.9. The number of hydrogen-bond donors (Lipinski definition) is 2. The van der Waals surface area contributed by atoms with Gasteiger partial charge in [-0.15, -0.1) is 0 Å². The molecule has 0 bridgehead atoms. The Bertz CT molecular complexity index is 1130. The van der Waals surface area contributed by atoms with Crippen molar-refractivity contribution in [2.45, 2.75) is 24.6 Å². The monoisotopic (exact) mass is 455 g/mol. The minimum atomic E-state index is -4.51. The Kier molecular flexibility index (Phi) is 6.09. The highest BCUT2D eigenvalue weighted by Crippen LogP contribution is 2.44. The van der Waals surface area contributed by atoms with Gasteiger partial charge in [-0.05, 0) is 39.9 Å². The number of hydrogen-bond acceptors (Lipinski definition) is 3. The molecule has 1 unspecified atom stereocenters. The molecular weight excluding hydrogens is 435 g/mol. The number of carbonyl (C=O) groups is 2. The van der Waals surface area contributed by atoms with Crippen LogP contribution in [0.3, 0.4) is 0 Å². The Morgan fingerprint density at radius 3 is 1.97 bits per heavy atom. The van der Waals surface area contributed by atoms with Crippen LogP contribution in [0.5, 0.6) is 0 Å². The van der Waals surface area contributed by atoms with Gasteiger partial charge in [0.2, 0.25) is 0 Å². The number of aliphatic carboxylic acids is 1. The molecule has 0 spiro atoms. The average Bonchev–Trinajstić information content (AvgIpc) is 3.10. The van der Waals surface area contributed by atoms with Crippen LogP contribution < -0.4 is 5.32 Å². The summed E-state index contributed by atoms with van der Waals surface area (Å²) in [5.74, 6) is -1.38. The highest BCUT2D eigenvalue weighted by Gasteiger charge is 2.31. The Morgan fingerprint density at radius 1 is 0.909 bits per heavy atom. The van der Waals surface area contributed by atoms with Crippen LogP contribution in [0.2, 0.25) is 0 Å². The summed E-state index contributed by atoms with van der Waals surface area (Å²) in [5.41, 5.74) is 3.55. The summed E-state index contributed by atoms with van der Waals surface area (Å²) in [6.07, 6.45) is -5.86. The van der Waals surface area contributed by atoms with Crippen molar-refractivity contribution in [3.8, 4) is 11.1 Å². The maximum Gasteiger partial charge on any atom is 0.416 e. The van der Waals surface area contributed by atoms with E-state index in [1.54, 1.807) is 0 Å². The van der Waals surface area contributed by atoms with Gasteiger partial charge in [-0.1, -0.05) is 60.7 Å². The van der Waals surface area contributed by atoms with E-state index in [4.69, 9.17) is 4.74 Å². The molecule has 0 aromatic heterocycles. The number of carboxylic acids is 1. The van der Waals surface area contributed by atoms with E-state index < -0.39 is 36.3 Å². The predicted octanol–water partition coefficient (Wildman–Crippen LogP) is 5.76. The summed E-state index contributed by atoms with van der Waals surface area (Å²) in [4.78, 5) is 23.8. The van der Waals surface area contributed by atoms with E-state index in [2.05, 4.69) is 5.32 Å². The highest BCUT2D eigenvalue weighted by molar-refractivity contribution is 5.79. The fourth-order valence-corrected chi connectivity index (χ4v) is 4.11. The van der Waals surface area contributed by atoms with Crippen LogP contribution in [0.15, 0.2) is 72.8 Å². The Balaban J connectivity index is 1.47. The molecule has 0 radical (unpaired) electrons. The molecule has 0 fully saturated rings. The van der Waals surface area contributed by atoms with Crippen molar-refractivity contribution in [3.05, 3.63) is 95.1 Å². The third kappa shape index (κ3) is 4.84. The van der Waals surface area contributed by atoms with Gasteiger partial charge in [0, 0.05) is 5.92 Å². The van der Waals surface area contributed by atoms with Gasteiger partial charge in [0.25, 0.3) is 0 Å². The van der Waals surface area contributed by atoms with Crippen molar-refractivity contribution >= 4 is 12.1 Å². The third-order valence-electron chi connectivity index (χ3n) is 5.65. The molecule has 33 heavy (non-hydrogen) atoms. The number of fused-ring (bicyclic) bond motifs is 3. The Hall–Kier alpha value is -3.81. The molecule has 1 aliphatic carbocycles. The molecule has 0 saturated carbocycles. The molecule has 0 heterocycles. The number of benzene rings is 3. The maximum atomic E-state index is 12.8. The van der Waals surface area contributed by atoms with Gasteiger partial charge in [-0.2, -0.15) is 13.2 Å². The number of alkyl carbamates (subject to hydrolysis) is 1. The van der Waals surface area contributed by atoms with Crippen LogP contribution in [-0.4, -0.2) is 23.8 Å². The first kappa shape index (κ1) is 22.4. The van der Waals surface area contributed by atoms with Crippen molar-refractivity contribution < 1.29 is 32.6 Å². The number of rotatable bonds is 6. The lowest BCUT2D eigenvalue weighted by Gasteiger charge is -2.19. The van der Waals surface area contributed by atoms with Crippen molar-refractivity contribution in [3.63, 3.8) is 0 Å². The summed E-state index contributed by atoms with van der Waals surface area (Å²) in [7, 11) is 0. The molecule has 2 N–H and O–H groups in total. The summed E-state index contributed by atoms with van der Waals surface area (Å²) in [6.45, 7) is 0.0344. The van der Waals surface area contributed by atoms with E-state index in [1.165, 1.54) is 0 Å². The second-order valence-electron chi connectivity index (χ2n) is 7.74. The van der Waals surface area contributed by atoms with Crippen molar-refractivity contribution in [2.24, 2.45) is 0 Å². The molecule has 4 rings (SSSR count). The lowest BCUT2D eigenvalue weighted by atomic mass is 9.98.